The van der Waals surface area contributed by atoms with Crippen molar-refractivity contribution in [1.82, 2.24) is 0 Å². The van der Waals surface area contributed by atoms with Crippen molar-refractivity contribution in [1.29, 1.82) is 0 Å². The average Bonchev–Trinajstić information content (AvgIpc) is 2.95. The lowest BCUT2D eigenvalue weighted by atomic mass is 9.80. The fourth-order valence-corrected chi connectivity index (χ4v) is 4.15. The standard InChI is InChI=1S/C22H22O2/c1-24-17-13-11-16(12-14-17)20-18-9-5-6-10-19(18)22(23)21(20)15-7-3-2-4-8-15/h5-6,9-15H,2-4,7-8H2,1H3. The first-order chi connectivity index (χ1) is 11.8. The van der Waals surface area contributed by atoms with Gasteiger partial charge in [-0.25, -0.2) is 0 Å². The Morgan fingerprint density at radius 3 is 2.21 bits per heavy atom. The molecule has 122 valence electrons. The van der Waals surface area contributed by atoms with E-state index in [9.17, 15) is 4.79 Å². The summed E-state index contributed by atoms with van der Waals surface area (Å²) in [6, 6.07) is 16.2. The Balaban J connectivity index is 1.87. The van der Waals surface area contributed by atoms with Gasteiger partial charge in [0.25, 0.3) is 0 Å². The Hall–Kier alpha value is -2.35. The van der Waals surface area contributed by atoms with E-state index in [0.717, 1.165) is 46.4 Å². The Morgan fingerprint density at radius 1 is 0.875 bits per heavy atom. The molecule has 0 aliphatic heterocycles. The minimum atomic E-state index is 0.239. The summed E-state index contributed by atoms with van der Waals surface area (Å²) in [5, 5.41) is 0. The lowest BCUT2D eigenvalue weighted by molar-refractivity contribution is 0.102. The Morgan fingerprint density at radius 2 is 1.54 bits per heavy atom. The second-order valence-electron chi connectivity index (χ2n) is 6.73. The summed E-state index contributed by atoms with van der Waals surface area (Å²) >= 11 is 0. The molecule has 0 unspecified atom stereocenters. The predicted molar refractivity (Wildman–Crippen MR) is 96.4 cm³/mol. The number of ketones is 1. The number of allylic oxidation sites excluding steroid dienone is 1. The molecule has 0 spiro atoms. The van der Waals surface area contributed by atoms with Crippen LogP contribution in [0.5, 0.6) is 5.75 Å². The number of benzene rings is 2. The zero-order valence-electron chi connectivity index (χ0n) is 14.0. The highest BCUT2D eigenvalue weighted by atomic mass is 16.5. The van der Waals surface area contributed by atoms with Crippen LogP contribution in [0.4, 0.5) is 0 Å². The van der Waals surface area contributed by atoms with E-state index in [0.29, 0.717) is 5.92 Å². The number of ether oxygens (including phenoxy) is 1. The van der Waals surface area contributed by atoms with E-state index in [1.807, 2.05) is 30.3 Å². The maximum absolute atomic E-state index is 13.1. The summed E-state index contributed by atoms with van der Waals surface area (Å²) in [7, 11) is 1.68. The van der Waals surface area contributed by atoms with Gasteiger partial charge in [-0.3, -0.25) is 4.79 Å². The maximum Gasteiger partial charge on any atom is 0.190 e. The van der Waals surface area contributed by atoms with Crippen LogP contribution in [-0.2, 0) is 0 Å². The van der Waals surface area contributed by atoms with Crippen LogP contribution >= 0.6 is 0 Å². The smallest absolute Gasteiger partial charge is 0.190 e. The number of fused-ring (bicyclic) bond motifs is 1. The van der Waals surface area contributed by atoms with Crippen molar-refractivity contribution in [3.63, 3.8) is 0 Å². The molecule has 0 heterocycles. The molecule has 0 saturated heterocycles. The second-order valence-corrected chi connectivity index (χ2v) is 6.73. The molecular formula is C22H22O2. The number of methoxy groups -OCH3 is 1. The molecule has 24 heavy (non-hydrogen) atoms. The highest BCUT2D eigenvalue weighted by Crippen LogP contribution is 2.44. The van der Waals surface area contributed by atoms with E-state index >= 15 is 0 Å². The fraction of sp³-hybridized carbons (Fsp3) is 0.318. The van der Waals surface area contributed by atoms with Crippen molar-refractivity contribution in [3.05, 3.63) is 70.8 Å². The van der Waals surface area contributed by atoms with Crippen LogP contribution in [0.1, 0.15) is 53.6 Å². The Kier molecular flexibility index (Phi) is 3.97. The molecule has 2 heteroatoms. The van der Waals surface area contributed by atoms with Crippen molar-refractivity contribution < 1.29 is 9.53 Å². The van der Waals surface area contributed by atoms with E-state index in [-0.39, 0.29) is 5.78 Å². The van der Waals surface area contributed by atoms with Gasteiger partial charge in [-0.2, -0.15) is 0 Å². The lowest BCUT2D eigenvalue weighted by Gasteiger charge is -2.23. The summed E-state index contributed by atoms with van der Waals surface area (Å²) < 4.78 is 5.28. The topological polar surface area (TPSA) is 26.3 Å². The van der Waals surface area contributed by atoms with Crippen LogP contribution in [0.2, 0.25) is 0 Å². The molecule has 2 aromatic carbocycles. The normalized spacial score (nSPS) is 18.0. The van der Waals surface area contributed by atoms with Gasteiger partial charge < -0.3 is 4.74 Å². The molecule has 0 amide bonds. The maximum atomic E-state index is 13.1. The van der Waals surface area contributed by atoms with Gasteiger partial charge in [0, 0.05) is 11.1 Å². The predicted octanol–water partition coefficient (Wildman–Crippen LogP) is 5.27. The van der Waals surface area contributed by atoms with E-state index in [1.54, 1.807) is 7.11 Å². The van der Waals surface area contributed by atoms with Gasteiger partial charge in [-0.05, 0) is 47.6 Å². The van der Waals surface area contributed by atoms with Crippen molar-refractivity contribution in [2.24, 2.45) is 5.92 Å². The summed E-state index contributed by atoms with van der Waals surface area (Å²) in [5.74, 6) is 1.48. The molecule has 0 N–H and O–H groups in total. The second kappa shape index (κ2) is 6.27. The molecule has 0 bridgehead atoms. The molecule has 2 nitrogen and oxygen atoms in total. The van der Waals surface area contributed by atoms with Crippen molar-refractivity contribution in [3.8, 4) is 5.75 Å². The quantitative estimate of drug-likeness (QED) is 0.770. The zero-order valence-corrected chi connectivity index (χ0v) is 14.0. The molecule has 2 aliphatic carbocycles. The van der Waals surface area contributed by atoms with E-state index in [2.05, 4.69) is 18.2 Å². The lowest BCUT2D eigenvalue weighted by Crippen LogP contribution is -2.14. The molecule has 1 fully saturated rings. The molecule has 2 aliphatic rings. The van der Waals surface area contributed by atoms with Crippen molar-refractivity contribution in [2.45, 2.75) is 32.1 Å². The van der Waals surface area contributed by atoms with Crippen LogP contribution in [-0.4, -0.2) is 12.9 Å². The Labute approximate surface area is 143 Å². The number of hydrogen-bond acceptors (Lipinski definition) is 2. The van der Waals surface area contributed by atoms with E-state index in [4.69, 9.17) is 4.74 Å². The summed E-state index contributed by atoms with van der Waals surface area (Å²) in [6.07, 6.45) is 6.02. The van der Waals surface area contributed by atoms with Crippen LogP contribution in [0.15, 0.2) is 54.1 Å². The highest BCUT2D eigenvalue weighted by molar-refractivity contribution is 6.23. The van der Waals surface area contributed by atoms with Gasteiger partial charge in [-0.15, -0.1) is 0 Å². The largest absolute Gasteiger partial charge is 0.497 e. The van der Waals surface area contributed by atoms with Gasteiger partial charge in [-0.1, -0.05) is 55.7 Å². The molecule has 0 radical (unpaired) electrons. The van der Waals surface area contributed by atoms with Gasteiger partial charge in [0.15, 0.2) is 5.78 Å². The van der Waals surface area contributed by atoms with E-state index < -0.39 is 0 Å². The van der Waals surface area contributed by atoms with Crippen LogP contribution in [0, 0.1) is 5.92 Å². The monoisotopic (exact) mass is 318 g/mol. The van der Waals surface area contributed by atoms with Crippen LogP contribution in [0.3, 0.4) is 0 Å². The highest BCUT2D eigenvalue weighted by Gasteiger charge is 2.34. The zero-order chi connectivity index (χ0) is 16.5. The number of carbonyl (C=O) groups excluding carboxylic acids is 1. The van der Waals surface area contributed by atoms with Crippen LogP contribution < -0.4 is 4.74 Å². The minimum absolute atomic E-state index is 0.239. The van der Waals surface area contributed by atoms with Crippen LogP contribution in [0.25, 0.3) is 5.57 Å². The van der Waals surface area contributed by atoms with Gasteiger partial charge >= 0.3 is 0 Å². The van der Waals surface area contributed by atoms with Gasteiger partial charge in [0.2, 0.25) is 0 Å². The summed E-state index contributed by atoms with van der Waals surface area (Å²) in [4.78, 5) is 13.1. The first-order valence-corrected chi connectivity index (χ1v) is 8.82. The van der Waals surface area contributed by atoms with Crippen molar-refractivity contribution in [2.75, 3.05) is 7.11 Å². The minimum Gasteiger partial charge on any atom is -0.497 e. The molecule has 0 atom stereocenters. The first-order valence-electron chi connectivity index (χ1n) is 8.82. The van der Waals surface area contributed by atoms with Crippen molar-refractivity contribution >= 4 is 11.4 Å². The third-order valence-corrected chi connectivity index (χ3v) is 5.35. The van der Waals surface area contributed by atoms with Gasteiger partial charge in [0.05, 0.1) is 7.11 Å². The summed E-state index contributed by atoms with van der Waals surface area (Å²) in [6.45, 7) is 0. The van der Waals surface area contributed by atoms with E-state index in [1.165, 1.54) is 19.3 Å². The third-order valence-electron chi connectivity index (χ3n) is 5.35. The third kappa shape index (κ3) is 2.47. The Bertz CT molecular complexity index is 793. The molecule has 1 saturated carbocycles. The van der Waals surface area contributed by atoms with Gasteiger partial charge in [0.1, 0.15) is 5.75 Å². The number of carbonyl (C=O) groups is 1. The molecule has 2 aromatic rings. The average molecular weight is 318 g/mol. The molecular weight excluding hydrogens is 296 g/mol. The first kappa shape index (κ1) is 15.2. The number of Topliss-reactive ketones (excluding diaryl/α,β-unsaturated/α-hetero) is 1. The fourth-order valence-electron chi connectivity index (χ4n) is 4.15. The summed E-state index contributed by atoms with van der Waals surface area (Å²) in [5.41, 5.74) is 5.26. The molecule has 4 rings (SSSR count). The number of rotatable bonds is 3. The molecule has 0 aromatic heterocycles. The number of hydrogen-bond donors (Lipinski definition) is 0. The SMILES string of the molecule is COc1ccc(C2=C(C3CCCCC3)C(=O)c3ccccc32)cc1.